The first kappa shape index (κ1) is 14.3. The van der Waals surface area contributed by atoms with Crippen molar-refractivity contribution in [3.05, 3.63) is 84.5 Å². The lowest BCUT2D eigenvalue weighted by Gasteiger charge is -2.31. The van der Waals surface area contributed by atoms with E-state index in [-0.39, 0.29) is 5.97 Å². The molecular formula is C20H18O2. The molecule has 2 aromatic carbocycles. The maximum atomic E-state index is 12.6. The van der Waals surface area contributed by atoms with Crippen LogP contribution in [0.15, 0.2) is 78.9 Å². The number of carbonyl (C=O) groups is 1. The van der Waals surface area contributed by atoms with E-state index in [0.29, 0.717) is 6.42 Å². The summed E-state index contributed by atoms with van der Waals surface area (Å²) in [6.45, 7) is 0. The van der Waals surface area contributed by atoms with Gasteiger partial charge in [-0.2, -0.15) is 0 Å². The first-order valence-corrected chi connectivity index (χ1v) is 7.36. The molecule has 1 unspecified atom stereocenters. The van der Waals surface area contributed by atoms with Crippen LogP contribution in [0.5, 0.6) is 0 Å². The quantitative estimate of drug-likeness (QED) is 0.789. The van der Waals surface area contributed by atoms with Crippen LogP contribution in [0.1, 0.15) is 12.0 Å². The van der Waals surface area contributed by atoms with Gasteiger partial charge in [0.1, 0.15) is 5.41 Å². The molecular weight excluding hydrogens is 272 g/mol. The second-order valence-electron chi connectivity index (χ2n) is 5.37. The van der Waals surface area contributed by atoms with Gasteiger partial charge in [-0.1, -0.05) is 78.9 Å². The summed E-state index contributed by atoms with van der Waals surface area (Å²) in [7, 11) is 1.45. The fourth-order valence-corrected chi connectivity index (χ4v) is 3.01. The highest BCUT2D eigenvalue weighted by atomic mass is 16.5. The molecule has 22 heavy (non-hydrogen) atoms. The molecule has 110 valence electrons. The first-order chi connectivity index (χ1) is 10.8. The zero-order valence-electron chi connectivity index (χ0n) is 12.5. The van der Waals surface area contributed by atoms with E-state index in [2.05, 4.69) is 18.2 Å². The van der Waals surface area contributed by atoms with Crippen LogP contribution in [0, 0.1) is 0 Å². The standard InChI is InChI=1S/C20H18O2/c1-22-19(21)20(14-8-3-9-15-20)18-13-7-6-12-17(18)16-10-4-2-5-11-16/h2-14H,15H2,1H3. The minimum Gasteiger partial charge on any atom is -0.468 e. The minimum atomic E-state index is -0.754. The molecule has 0 N–H and O–H groups in total. The highest BCUT2D eigenvalue weighted by Crippen LogP contribution is 2.39. The molecule has 1 aliphatic rings. The van der Waals surface area contributed by atoms with Crippen molar-refractivity contribution in [2.75, 3.05) is 7.11 Å². The van der Waals surface area contributed by atoms with Gasteiger partial charge in [-0.3, -0.25) is 4.79 Å². The SMILES string of the molecule is COC(=O)C1(c2ccccc2-c2ccccc2)C=CC=CC1. The van der Waals surface area contributed by atoms with Crippen LogP contribution in [0.25, 0.3) is 11.1 Å². The van der Waals surface area contributed by atoms with E-state index >= 15 is 0 Å². The third kappa shape index (κ3) is 2.37. The van der Waals surface area contributed by atoms with Crippen LogP contribution >= 0.6 is 0 Å². The molecule has 2 nitrogen and oxygen atoms in total. The summed E-state index contributed by atoms with van der Waals surface area (Å²) in [5, 5.41) is 0. The van der Waals surface area contributed by atoms with Gasteiger partial charge in [0.25, 0.3) is 0 Å². The molecule has 0 saturated heterocycles. The number of hydrogen-bond donors (Lipinski definition) is 0. The fourth-order valence-electron chi connectivity index (χ4n) is 3.01. The maximum absolute atomic E-state index is 12.6. The smallest absolute Gasteiger partial charge is 0.320 e. The van der Waals surface area contributed by atoms with Crippen molar-refractivity contribution in [1.29, 1.82) is 0 Å². The Morgan fingerprint density at radius 1 is 1.00 bits per heavy atom. The zero-order valence-corrected chi connectivity index (χ0v) is 12.5. The van der Waals surface area contributed by atoms with Crippen LogP contribution in [0.4, 0.5) is 0 Å². The monoisotopic (exact) mass is 290 g/mol. The molecule has 0 heterocycles. The van der Waals surface area contributed by atoms with E-state index in [0.717, 1.165) is 16.7 Å². The Balaban J connectivity index is 2.20. The van der Waals surface area contributed by atoms with Gasteiger partial charge >= 0.3 is 5.97 Å². The number of rotatable bonds is 3. The van der Waals surface area contributed by atoms with Crippen molar-refractivity contribution < 1.29 is 9.53 Å². The molecule has 1 atom stereocenters. The molecule has 2 aromatic rings. The zero-order chi connectivity index (χ0) is 15.4. The van der Waals surface area contributed by atoms with Crippen molar-refractivity contribution >= 4 is 5.97 Å². The van der Waals surface area contributed by atoms with Gasteiger partial charge in [0, 0.05) is 0 Å². The van der Waals surface area contributed by atoms with E-state index in [4.69, 9.17) is 4.74 Å². The van der Waals surface area contributed by atoms with Crippen LogP contribution in [0.3, 0.4) is 0 Å². The largest absolute Gasteiger partial charge is 0.468 e. The van der Waals surface area contributed by atoms with Crippen molar-refractivity contribution in [3.63, 3.8) is 0 Å². The predicted octanol–water partition coefficient (Wildman–Crippen LogP) is 4.28. The number of hydrogen-bond acceptors (Lipinski definition) is 2. The Bertz CT molecular complexity index is 728. The number of carbonyl (C=O) groups excluding carboxylic acids is 1. The van der Waals surface area contributed by atoms with Crippen LogP contribution in [-0.4, -0.2) is 13.1 Å². The Kier molecular flexibility index (Phi) is 3.92. The molecule has 0 amide bonds. The Labute approximate surface area is 130 Å². The van der Waals surface area contributed by atoms with Gasteiger partial charge in [-0.25, -0.2) is 0 Å². The summed E-state index contributed by atoms with van der Waals surface area (Å²) in [5.41, 5.74) is 2.39. The molecule has 0 spiro atoms. The Morgan fingerprint density at radius 2 is 1.73 bits per heavy atom. The Morgan fingerprint density at radius 3 is 2.41 bits per heavy atom. The number of methoxy groups -OCH3 is 1. The number of ether oxygens (including phenoxy) is 1. The van der Waals surface area contributed by atoms with Crippen molar-refractivity contribution in [3.8, 4) is 11.1 Å². The van der Waals surface area contributed by atoms with Crippen molar-refractivity contribution in [1.82, 2.24) is 0 Å². The van der Waals surface area contributed by atoms with Crippen molar-refractivity contribution in [2.45, 2.75) is 11.8 Å². The van der Waals surface area contributed by atoms with Crippen LogP contribution in [0.2, 0.25) is 0 Å². The van der Waals surface area contributed by atoms with Crippen LogP contribution in [-0.2, 0) is 14.9 Å². The van der Waals surface area contributed by atoms with Gasteiger partial charge in [-0.05, 0) is 23.1 Å². The summed E-state index contributed by atoms with van der Waals surface area (Å²) in [5.74, 6) is -0.225. The molecule has 0 fully saturated rings. The van der Waals surface area contributed by atoms with E-state index < -0.39 is 5.41 Å². The molecule has 0 saturated carbocycles. The number of benzene rings is 2. The molecule has 1 aliphatic carbocycles. The second-order valence-corrected chi connectivity index (χ2v) is 5.37. The maximum Gasteiger partial charge on any atom is 0.320 e. The van der Waals surface area contributed by atoms with E-state index in [1.807, 2.05) is 60.7 Å². The number of esters is 1. The lowest BCUT2D eigenvalue weighted by atomic mass is 9.72. The third-order valence-electron chi connectivity index (χ3n) is 4.11. The lowest BCUT2D eigenvalue weighted by molar-refractivity contribution is -0.145. The van der Waals surface area contributed by atoms with E-state index in [9.17, 15) is 4.79 Å². The molecule has 3 rings (SSSR count). The van der Waals surface area contributed by atoms with Gasteiger partial charge in [-0.15, -0.1) is 0 Å². The molecule has 0 radical (unpaired) electrons. The van der Waals surface area contributed by atoms with Crippen LogP contribution < -0.4 is 0 Å². The normalized spacial score (nSPS) is 19.9. The average molecular weight is 290 g/mol. The van der Waals surface area contributed by atoms with Crippen molar-refractivity contribution in [2.24, 2.45) is 0 Å². The summed E-state index contributed by atoms with van der Waals surface area (Å²) >= 11 is 0. The van der Waals surface area contributed by atoms with Gasteiger partial charge < -0.3 is 4.74 Å². The van der Waals surface area contributed by atoms with Gasteiger partial charge in [0.15, 0.2) is 0 Å². The summed E-state index contributed by atoms with van der Waals surface area (Å²) in [6, 6.07) is 18.2. The minimum absolute atomic E-state index is 0.225. The molecule has 0 aliphatic heterocycles. The topological polar surface area (TPSA) is 26.3 Å². The molecule has 2 heteroatoms. The molecule has 0 aromatic heterocycles. The summed E-state index contributed by atoms with van der Waals surface area (Å²) < 4.78 is 5.11. The van der Waals surface area contributed by atoms with Gasteiger partial charge in [0.05, 0.1) is 7.11 Å². The highest BCUT2D eigenvalue weighted by molar-refractivity contribution is 5.90. The summed E-state index contributed by atoms with van der Waals surface area (Å²) in [4.78, 5) is 12.6. The highest BCUT2D eigenvalue weighted by Gasteiger charge is 2.40. The first-order valence-electron chi connectivity index (χ1n) is 7.36. The fraction of sp³-hybridized carbons (Fsp3) is 0.150. The van der Waals surface area contributed by atoms with E-state index in [1.165, 1.54) is 7.11 Å². The van der Waals surface area contributed by atoms with Gasteiger partial charge in [0.2, 0.25) is 0 Å². The average Bonchev–Trinajstić information content (AvgIpc) is 2.62. The van der Waals surface area contributed by atoms with E-state index in [1.54, 1.807) is 0 Å². The third-order valence-corrected chi connectivity index (χ3v) is 4.11. The lowest BCUT2D eigenvalue weighted by Crippen LogP contribution is -2.36. The second kappa shape index (κ2) is 6.02. The Hall–Kier alpha value is -2.61. The molecule has 0 bridgehead atoms. The predicted molar refractivity (Wildman–Crippen MR) is 88.5 cm³/mol. The summed E-state index contributed by atoms with van der Waals surface area (Å²) in [6.07, 6.45) is 8.45. The number of allylic oxidation sites excluding steroid dienone is 3.